The van der Waals surface area contributed by atoms with Crippen LogP contribution >= 0.6 is 35.0 Å². The number of urea groups is 1. The van der Waals surface area contributed by atoms with E-state index in [-0.39, 0.29) is 17.2 Å². The van der Waals surface area contributed by atoms with Gasteiger partial charge in [-0.1, -0.05) is 47.5 Å². The molecule has 1 atom stereocenters. The maximum absolute atomic E-state index is 12.5. The number of hydrogen-bond donors (Lipinski definition) is 3. The summed E-state index contributed by atoms with van der Waals surface area (Å²) in [5.74, 6) is -0.186. The molecule has 0 bridgehead atoms. The molecule has 0 aliphatic heterocycles. The summed E-state index contributed by atoms with van der Waals surface area (Å²) in [6, 6.07) is 21.2. The van der Waals surface area contributed by atoms with E-state index in [2.05, 4.69) is 16.0 Å². The molecular formula is C22H19Cl2N3O2S. The van der Waals surface area contributed by atoms with Gasteiger partial charge in [-0.25, -0.2) is 4.79 Å². The van der Waals surface area contributed by atoms with Crippen molar-refractivity contribution in [2.24, 2.45) is 0 Å². The number of thioether (sulfide) groups is 1. The minimum absolute atomic E-state index is 0.186. The number of benzene rings is 3. The van der Waals surface area contributed by atoms with Gasteiger partial charge in [0.1, 0.15) is 0 Å². The fourth-order valence-electron chi connectivity index (χ4n) is 2.52. The Kier molecular flexibility index (Phi) is 7.63. The molecule has 0 aliphatic rings. The molecule has 3 aromatic carbocycles. The Morgan fingerprint density at radius 3 is 2.10 bits per heavy atom. The maximum Gasteiger partial charge on any atom is 0.323 e. The van der Waals surface area contributed by atoms with Gasteiger partial charge in [0.25, 0.3) is 0 Å². The second-order valence-corrected chi connectivity index (χ2v) is 8.52. The van der Waals surface area contributed by atoms with Crippen molar-refractivity contribution in [3.8, 4) is 0 Å². The van der Waals surface area contributed by atoms with Crippen LogP contribution in [-0.4, -0.2) is 17.2 Å². The molecule has 8 heteroatoms. The first kappa shape index (κ1) is 22.0. The number of nitrogens with one attached hydrogen (secondary N) is 3. The number of carbonyl (C=O) groups excluding carboxylic acids is 2. The molecule has 0 aliphatic carbocycles. The standard InChI is InChI=1S/C22H19Cl2N3O2S/c1-14(21(28)27-19-9-5-8-18(23)20(19)24)30-17-12-10-16(11-13-17)26-22(29)25-15-6-3-2-4-7-15/h2-14H,1H3,(H,27,28)(H2,25,26,29). The minimum Gasteiger partial charge on any atom is -0.324 e. The van der Waals surface area contributed by atoms with Crippen LogP contribution in [0.1, 0.15) is 6.92 Å². The van der Waals surface area contributed by atoms with Gasteiger partial charge in [0.05, 0.1) is 21.0 Å². The van der Waals surface area contributed by atoms with E-state index in [4.69, 9.17) is 23.2 Å². The van der Waals surface area contributed by atoms with Crippen LogP contribution in [0, 0.1) is 0 Å². The van der Waals surface area contributed by atoms with Crippen LogP contribution in [0.25, 0.3) is 0 Å². The zero-order chi connectivity index (χ0) is 21.5. The van der Waals surface area contributed by atoms with Crippen LogP contribution in [0.5, 0.6) is 0 Å². The largest absolute Gasteiger partial charge is 0.324 e. The Balaban J connectivity index is 1.53. The van der Waals surface area contributed by atoms with E-state index < -0.39 is 0 Å². The number of hydrogen-bond acceptors (Lipinski definition) is 3. The third-order valence-electron chi connectivity index (χ3n) is 4.04. The highest BCUT2D eigenvalue weighted by Gasteiger charge is 2.16. The second-order valence-electron chi connectivity index (χ2n) is 6.32. The first-order valence-corrected chi connectivity index (χ1v) is 10.7. The van der Waals surface area contributed by atoms with Crippen molar-refractivity contribution >= 4 is 64.0 Å². The summed E-state index contributed by atoms with van der Waals surface area (Å²) >= 11 is 13.5. The highest BCUT2D eigenvalue weighted by Crippen LogP contribution is 2.31. The molecule has 1 unspecified atom stereocenters. The Hall–Kier alpha value is -2.67. The Morgan fingerprint density at radius 1 is 0.800 bits per heavy atom. The van der Waals surface area contributed by atoms with Crippen molar-refractivity contribution in [2.45, 2.75) is 17.1 Å². The van der Waals surface area contributed by atoms with E-state index in [1.807, 2.05) is 42.5 Å². The zero-order valence-corrected chi connectivity index (χ0v) is 18.3. The third-order valence-corrected chi connectivity index (χ3v) is 5.97. The van der Waals surface area contributed by atoms with Crippen LogP contribution in [0.15, 0.2) is 77.7 Å². The number of amides is 3. The minimum atomic E-state index is -0.361. The quantitative estimate of drug-likeness (QED) is 0.356. The lowest BCUT2D eigenvalue weighted by molar-refractivity contribution is -0.115. The first-order chi connectivity index (χ1) is 14.4. The van der Waals surface area contributed by atoms with E-state index in [0.29, 0.717) is 27.1 Å². The zero-order valence-electron chi connectivity index (χ0n) is 16.0. The predicted octanol–water partition coefficient (Wildman–Crippen LogP) is 6.76. The van der Waals surface area contributed by atoms with Crippen LogP contribution in [0.4, 0.5) is 21.9 Å². The van der Waals surface area contributed by atoms with Crippen LogP contribution < -0.4 is 16.0 Å². The molecule has 0 aromatic heterocycles. The summed E-state index contributed by atoms with van der Waals surface area (Å²) in [4.78, 5) is 25.4. The summed E-state index contributed by atoms with van der Waals surface area (Å²) in [7, 11) is 0. The summed E-state index contributed by atoms with van der Waals surface area (Å²) in [6.45, 7) is 1.80. The lowest BCUT2D eigenvalue weighted by Gasteiger charge is -2.14. The monoisotopic (exact) mass is 459 g/mol. The van der Waals surface area contributed by atoms with Gasteiger partial charge in [-0.3, -0.25) is 4.79 Å². The molecule has 0 heterocycles. The highest BCUT2D eigenvalue weighted by atomic mass is 35.5. The van der Waals surface area contributed by atoms with Gasteiger partial charge in [-0.2, -0.15) is 0 Å². The fraction of sp³-hybridized carbons (Fsp3) is 0.0909. The molecule has 3 aromatic rings. The van der Waals surface area contributed by atoms with Gasteiger partial charge >= 0.3 is 6.03 Å². The number of para-hydroxylation sites is 1. The molecule has 3 amide bonds. The number of carbonyl (C=O) groups is 2. The average molecular weight is 460 g/mol. The van der Waals surface area contributed by atoms with E-state index in [1.54, 1.807) is 37.3 Å². The number of halogens is 2. The normalized spacial score (nSPS) is 11.4. The summed E-state index contributed by atoms with van der Waals surface area (Å²) in [6.07, 6.45) is 0. The van der Waals surface area contributed by atoms with Gasteiger partial charge in [0.15, 0.2) is 0 Å². The average Bonchev–Trinajstić information content (AvgIpc) is 2.73. The number of rotatable bonds is 6. The summed E-state index contributed by atoms with van der Waals surface area (Å²) < 4.78 is 0. The van der Waals surface area contributed by atoms with Crippen molar-refractivity contribution < 1.29 is 9.59 Å². The Labute approximate surface area is 189 Å². The van der Waals surface area contributed by atoms with Crippen LogP contribution in [0.3, 0.4) is 0 Å². The first-order valence-electron chi connectivity index (χ1n) is 9.07. The van der Waals surface area contributed by atoms with Crippen molar-refractivity contribution in [3.05, 3.63) is 82.8 Å². The van der Waals surface area contributed by atoms with Crippen LogP contribution in [-0.2, 0) is 4.79 Å². The molecule has 30 heavy (non-hydrogen) atoms. The van der Waals surface area contributed by atoms with Crippen LogP contribution in [0.2, 0.25) is 10.0 Å². The molecule has 3 N–H and O–H groups in total. The highest BCUT2D eigenvalue weighted by molar-refractivity contribution is 8.00. The smallest absolute Gasteiger partial charge is 0.323 e. The third kappa shape index (κ3) is 6.16. The Morgan fingerprint density at radius 2 is 1.43 bits per heavy atom. The summed E-state index contributed by atoms with van der Waals surface area (Å²) in [5, 5.41) is 8.65. The lowest BCUT2D eigenvalue weighted by Crippen LogP contribution is -2.22. The number of anilines is 3. The molecular weight excluding hydrogens is 441 g/mol. The molecule has 5 nitrogen and oxygen atoms in total. The van der Waals surface area contributed by atoms with Gasteiger partial charge < -0.3 is 16.0 Å². The molecule has 0 saturated heterocycles. The molecule has 0 saturated carbocycles. The summed E-state index contributed by atoms with van der Waals surface area (Å²) in [5.41, 5.74) is 1.84. The van der Waals surface area contributed by atoms with Crippen molar-refractivity contribution in [3.63, 3.8) is 0 Å². The van der Waals surface area contributed by atoms with Gasteiger partial charge in [0, 0.05) is 16.3 Å². The second kappa shape index (κ2) is 10.4. The van der Waals surface area contributed by atoms with E-state index >= 15 is 0 Å². The molecule has 3 rings (SSSR count). The Bertz CT molecular complexity index is 1030. The molecule has 0 radical (unpaired) electrons. The SMILES string of the molecule is CC(Sc1ccc(NC(=O)Nc2ccccc2)cc1)C(=O)Nc1cccc(Cl)c1Cl. The lowest BCUT2D eigenvalue weighted by atomic mass is 10.3. The fourth-order valence-corrected chi connectivity index (χ4v) is 3.74. The van der Waals surface area contributed by atoms with Crippen molar-refractivity contribution in [1.29, 1.82) is 0 Å². The van der Waals surface area contributed by atoms with E-state index in [9.17, 15) is 9.59 Å². The maximum atomic E-state index is 12.5. The molecule has 0 spiro atoms. The topological polar surface area (TPSA) is 70.2 Å². The van der Waals surface area contributed by atoms with E-state index in [1.165, 1.54) is 11.8 Å². The van der Waals surface area contributed by atoms with Crippen molar-refractivity contribution in [2.75, 3.05) is 16.0 Å². The molecule has 154 valence electrons. The predicted molar refractivity (Wildman–Crippen MR) is 126 cm³/mol. The van der Waals surface area contributed by atoms with Gasteiger partial charge in [0.2, 0.25) is 5.91 Å². The van der Waals surface area contributed by atoms with E-state index in [0.717, 1.165) is 4.90 Å². The van der Waals surface area contributed by atoms with Gasteiger partial charge in [-0.05, 0) is 55.5 Å². The molecule has 0 fully saturated rings. The van der Waals surface area contributed by atoms with Crippen molar-refractivity contribution in [1.82, 2.24) is 0 Å². The van der Waals surface area contributed by atoms with Gasteiger partial charge in [-0.15, -0.1) is 11.8 Å².